The van der Waals surface area contributed by atoms with Crippen LogP contribution in [0.5, 0.6) is 0 Å². The molecule has 0 aromatic carbocycles. The monoisotopic (exact) mass is 202 g/mol. The molecule has 0 amide bonds. The molecule has 76 valence electrons. The van der Waals surface area contributed by atoms with Crippen LogP contribution in [0.25, 0.3) is 0 Å². The van der Waals surface area contributed by atoms with E-state index in [-0.39, 0.29) is 5.41 Å². The molecular formula is C10H18O2S. The fourth-order valence-electron chi connectivity index (χ4n) is 3.54. The molecule has 0 saturated heterocycles. The highest BCUT2D eigenvalue weighted by Crippen LogP contribution is 2.65. The standard InChI is InChI=1S/C10H18O2S/c1-9(2)8-3-5-10(9,6-4-8)7-13(11)12/h8H,3-7H2,1-2H3,(H,11,12). The van der Waals surface area contributed by atoms with E-state index in [1.165, 1.54) is 12.8 Å². The molecule has 3 heteroatoms. The molecular weight excluding hydrogens is 184 g/mol. The molecule has 0 aromatic heterocycles. The lowest BCUT2D eigenvalue weighted by atomic mass is 9.71. The number of hydrogen-bond donors (Lipinski definition) is 1. The van der Waals surface area contributed by atoms with Crippen LogP contribution >= 0.6 is 0 Å². The summed E-state index contributed by atoms with van der Waals surface area (Å²) < 4.78 is 20.0. The summed E-state index contributed by atoms with van der Waals surface area (Å²) in [5.74, 6) is 1.30. The third-order valence-electron chi connectivity index (χ3n) is 4.73. The van der Waals surface area contributed by atoms with Crippen molar-refractivity contribution in [3.63, 3.8) is 0 Å². The molecule has 0 radical (unpaired) electrons. The van der Waals surface area contributed by atoms with Crippen LogP contribution in [0, 0.1) is 16.7 Å². The summed E-state index contributed by atoms with van der Waals surface area (Å²) in [5, 5.41) is 0. The van der Waals surface area contributed by atoms with Gasteiger partial charge in [0, 0.05) is 0 Å². The average Bonchev–Trinajstić information content (AvgIpc) is 2.36. The first-order chi connectivity index (χ1) is 5.98. The fraction of sp³-hybridized carbons (Fsp3) is 1.00. The topological polar surface area (TPSA) is 37.3 Å². The van der Waals surface area contributed by atoms with E-state index < -0.39 is 11.1 Å². The van der Waals surface area contributed by atoms with E-state index in [0.717, 1.165) is 18.8 Å². The van der Waals surface area contributed by atoms with E-state index in [0.29, 0.717) is 11.2 Å². The molecule has 1 N–H and O–H groups in total. The first-order valence-corrected chi connectivity index (χ1v) is 6.33. The normalized spacial score (nSPS) is 43.8. The number of hydrogen-bond acceptors (Lipinski definition) is 1. The molecule has 13 heavy (non-hydrogen) atoms. The maximum Gasteiger partial charge on any atom is 0.153 e. The van der Waals surface area contributed by atoms with Crippen LogP contribution < -0.4 is 0 Å². The van der Waals surface area contributed by atoms with Crippen LogP contribution in [-0.4, -0.2) is 14.5 Å². The van der Waals surface area contributed by atoms with Gasteiger partial charge in [0.05, 0.1) is 5.75 Å². The Bertz CT molecular complexity index is 239. The molecule has 2 saturated carbocycles. The van der Waals surface area contributed by atoms with Crippen molar-refractivity contribution in [3.8, 4) is 0 Å². The number of fused-ring (bicyclic) bond motifs is 2. The lowest BCUT2D eigenvalue weighted by Crippen LogP contribution is -2.35. The minimum atomic E-state index is -1.61. The van der Waals surface area contributed by atoms with Gasteiger partial charge in [-0.15, -0.1) is 0 Å². The zero-order chi connectivity index (χ0) is 9.69. The molecule has 1 unspecified atom stereocenters. The van der Waals surface area contributed by atoms with Crippen molar-refractivity contribution in [2.24, 2.45) is 16.7 Å². The maximum atomic E-state index is 10.9. The lowest BCUT2D eigenvalue weighted by molar-refractivity contribution is 0.155. The summed E-state index contributed by atoms with van der Waals surface area (Å²) in [6, 6.07) is 0. The highest BCUT2D eigenvalue weighted by Gasteiger charge is 2.59. The minimum absolute atomic E-state index is 0.178. The van der Waals surface area contributed by atoms with E-state index in [1.54, 1.807) is 0 Å². The van der Waals surface area contributed by atoms with Crippen molar-refractivity contribution < 1.29 is 8.76 Å². The molecule has 2 bridgehead atoms. The molecule has 1 atom stereocenters. The summed E-state index contributed by atoms with van der Waals surface area (Å²) >= 11 is -1.61. The van der Waals surface area contributed by atoms with Gasteiger partial charge in [-0.25, -0.2) is 4.21 Å². The van der Waals surface area contributed by atoms with Crippen LogP contribution in [0.15, 0.2) is 0 Å². The Morgan fingerprint density at radius 1 is 1.38 bits per heavy atom. The second-order valence-corrected chi connectivity index (χ2v) is 6.17. The Hall–Kier alpha value is 0.110. The van der Waals surface area contributed by atoms with Gasteiger partial charge in [0.15, 0.2) is 11.1 Å². The van der Waals surface area contributed by atoms with E-state index >= 15 is 0 Å². The zero-order valence-corrected chi connectivity index (χ0v) is 9.19. The van der Waals surface area contributed by atoms with Gasteiger partial charge >= 0.3 is 0 Å². The van der Waals surface area contributed by atoms with Gasteiger partial charge in [-0.1, -0.05) is 13.8 Å². The SMILES string of the molecule is CC1(C)C2CCC1(CS(=O)O)CC2. The predicted octanol–water partition coefficient (Wildman–Crippen LogP) is 2.42. The van der Waals surface area contributed by atoms with E-state index in [4.69, 9.17) is 4.55 Å². The fourth-order valence-corrected chi connectivity index (χ4v) is 4.67. The van der Waals surface area contributed by atoms with Gasteiger partial charge in [0.1, 0.15) is 0 Å². The highest BCUT2D eigenvalue weighted by molar-refractivity contribution is 7.79. The van der Waals surface area contributed by atoms with Crippen molar-refractivity contribution in [3.05, 3.63) is 0 Å². The summed E-state index contributed by atoms with van der Waals surface area (Å²) in [5.41, 5.74) is 0.475. The number of rotatable bonds is 2. The smallest absolute Gasteiger partial charge is 0.153 e. The Morgan fingerprint density at radius 2 is 1.92 bits per heavy atom. The van der Waals surface area contributed by atoms with E-state index in [2.05, 4.69) is 13.8 Å². The lowest BCUT2D eigenvalue weighted by Gasteiger charge is -2.37. The molecule has 0 aliphatic heterocycles. The summed E-state index contributed by atoms with van der Waals surface area (Å²) in [6.07, 6.45) is 4.86. The Morgan fingerprint density at radius 3 is 2.23 bits per heavy atom. The molecule has 2 nitrogen and oxygen atoms in total. The van der Waals surface area contributed by atoms with Crippen LogP contribution in [0.1, 0.15) is 39.5 Å². The molecule has 0 aromatic rings. The van der Waals surface area contributed by atoms with Gasteiger partial charge in [0.2, 0.25) is 0 Å². The van der Waals surface area contributed by atoms with Gasteiger partial charge in [0.25, 0.3) is 0 Å². The third kappa shape index (κ3) is 1.20. The van der Waals surface area contributed by atoms with Crippen LogP contribution in [0.3, 0.4) is 0 Å². The van der Waals surface area contributed by atoms with Gasteiger partial charge < -0.3 is 4.55 Å². The molecule has 0 heterocycles. The van der Waals surface area contributed by atoms with E-state index in [1.807, 2.05) is 0 Å². The third-order valence-corrected chi connectivity index (χ3v) is 5.53. The molecule has 2 fully saturated rings. The first-order valence-electron chi connectivity index (χ1n) is 5.05. The van der Waals surface area contributed by atoms with Crippen LogP contribution in [-0.2, 0) is 11.1 Å². The van der Waals surface area contributed by atoms with Crippen LogP contribution in [0.2, 0.25) is 0 Å². The Kier molecular flexibility index (Phi) is 2.08. The second kappa shape index (κ2) is 2.80. The predicted molar refractivity (Wildman–Crippen MR) is 53.8 cm³/mol. The Labute approximate surface area is 82.4 Å². The summed E-state index contributed by atoms with van der Waals surface area (Å²) in [4.78, 5) is 0. The zero-order valence-electron chi connectivity index (χ0n) is 8.38. The average molecular weight is 202 g/mol. The van der Waals surface area contributed by atoms with E-state index in [9.17, 15) is 4.21 Å². The van der Waals surface area contributed by atoms with Crippen LogP contribution in [0.4, 0.5) is 0 Å². The second-order valence-electron chi connectivity index (χ2n) is 5.24. The van der Waals surface area contributed by atoms with Gasteiger partial charge in [-0.3, -0.25) is 0 Å². The first kappa shape index (κ1) is 9.66. The van der Waals surface area contributed by atoms with Gasteiger partial charge in [-0.05, 0) is 42.4 Å². The van der Waals surface area contributed by atoms with Crippen molar-refractivity contribution in [2.75, 3.05) is 5.75 Å². The molecule has 2 aliphatic carbocycles. The quantitative estimate of drug-likeness (QED) is 0.698. The van der Waals surface area contributed by atoms with Crippen molar-refractivity contribution >= 4 is 11.1 Å². The largest absolute Gasteiger partial charge is 0.306 e. The van der Waals surface area contributed by atoms with Gasteiger partial charge in [-0.2, -0.15) is 0 Å². The van der Waals surface area contributed by atoms with Crippen molar-refractivity contribution in [1.82, 2.24) is 0 Å². The summed E-state index contributed by atoms with van der Waals surface area (Å²) in [6.45, 7) is 4.56. The summed E-state index contributed by atoms with van der Waals surface area (Å²) in [7, 11) is 0. The molecule has 0 spiro atoms. The van der Waals surface area contributed by atoms with Crippen molar-refractivity contribution in [1.29, 1.82) is 0 Å². The highest BCUT2D eigenvalue weighted by atomic mass is 32.2. The molecule has 2 rings (SSSR count). The minimum Gasteiger partial charge on any atom is -0.306 e. The van der Waals surface area contributed by atoms with Crippen molar-refractivity contribution in [2.45, 2.75) is 39.5 Å². The molecule has 2 aliphatic rings. The Balaban J connectivity index is 2.26. The maximum absolute atomic E-state index is 10.9.